The summed E-state index contributed by atoms with van der Waals surface area (Å²) in [6, 6.07) is 14.5. The SMILES string of the molecule is CSc1ccccc1NC(=O)c1ccc(Cl)cc1. The summed E-state index contributed by atoms with van der Waals surface area (Å²) < 4.78 is 0. The molecule has 1 N–H and O–H groups in total. The zero-order valence-corrected chi connectivity index (χ0v) is 11.4. The maximum Gasteiger partial charge on any atom is 0.255 e. The number of amides is 1. The van der Waals surface area contributed by atoms with Gasteiger partial charge in [0, 0.05) is 15.5 Å². The molecule has 2 aromatic rings. The smallest absolute Gasteiger partial charge is 0.255 e. The van der Waals surface area contributed by atoms with E-state index in [0.29, 0.717) is 10.6 Å². The van der Waals surface area contributed by atoms with Gasteiger partial charge in [-0.25, -0.2) is 0 Å². The monoisotopic (exact) mass is 277 g/mol. The lowest BCUT2D eigenvalue weighted by molar-refractivity contribution is 0.102. The Labute approximate surface area is 115 Å². The maximum atomic E-state index is 12.0. The van der Waals surface area contributed by atoms with Crippen LogP contribution < -0.4 is 5.32 Å². The molecule has 0 aromatic heterocycles. The Balaban J connectivity index is 2.18. The highest BCUT2D eigenvalue weighted by atomic mass is 35.5. The van der Waals surface area contributed by atoms with Crippen molar-refractivity contribution in [2.75, 3.05) is 11.6 Å². The zero-order chi connectivity index (χ0) is 13.0. The van der Waals surface area contributed by atoms with Gasteiger partial charge in [0.2, 0.25) is 0 Å². The topological polar surface area (TPSA) is 29.1 Å². The first-order valence-corrected chi connectivity index (χ1v) is 7.01. The fourth-order valence-electron chi connectivity index (χ4n) is 1.54. The Morgan fingerprint density at radius 3 is 2.44 bits per heavy atom. The number of thioether (sulfide) groups is 1. The first-order chi connectivity index (χ1) is 8.70. The molecule has 92 valence electrons. The van der Waals surface area contributed by atoms with E-state index in [1.54, 1.807) is 36.0 Å². The summed E-state index contributed by atoms with van der Waals surface area (Å²) in [6.45, 7) is 0. The number of halogens is 1. The fraction of sp³-hybridized carbons (Fsp3) is 0.0714. The Morgan fingerprint density at radius 1 is 1.11 bits per heavy atom. The average Bonchev–Trinajstić information content (AvgIpc) is 2.40. The number of para-hydroxylation sites is 1. The molecule has 0 aliphatic carbocycles. The third-order valence-corrected chi connectivity index (χ3v) is 3.51. The number of anilines is 1. The molecule has 0 bridgehead atoms. The largest absolute Gasteiger partial charge is 0.321 e. The van der Waals surface area contributed by atoms with E-state index in [1.165, 1.54) is 0 Å². The average molecular weight is 278 g/mol. The molecule has 0 atom stereocenters. The van der Waals surface area contributed by atoms with E-state index >= 15 is 0 Å². The van der Waals surface area contributed by atoms with Gasteiger partial charge in [-0.1, -0.05) is 23.7 Å². The second kappa shape index (κ2) is 5.94. The molecule has 0 fully saturated rings. The maximum absolute atomic E-state index is 12.0. The van der Waals surface area contributed by atoms with Crippen LogP contribution in [0.25, 0.3) is 0 Å². The summed E-state index contributed by atoms with van der Waals surface area (Å²) in [5.41, 5.74) is 1.42. The van der Waals surface area contributed by atoms with E-state index in [2.05, 4.69) is 5.32 Å². The second-order valence-electron chi connectivity index (χ2n) is 3.66. The minimum atomic E-state index is -0.131. The molecule has 2 nitrogen and oxygen atoms in total. The van der Waals surface area contributed by atoms with Gasteiger partial charge in [-0.2, -0.15) is 0 Å². The van der Waals surface area contributed by atoms with Gasteiger partial charge in [-0.05, 0) is 42.7 Å². The van der Waals surface area contributed by atoms with Crippen molar-refractivity contribution in [2.24, 2.45) is 0 Å². The van der Waals surface area contributed by atoms with Crippen molar-refractivity contribution in [1.82, 2.24) is 0 Å². The van der Waals surface area contributed by atoms with Gasteiger partial charge < -0.3 is 5.32 Å². The lowest BCUT2D eigenvalue weighted by atomic mass is 10.2. The van der Waals surface area contributed by atoms with Gasteiger partial charge in [0.05, 0.1) is 5.69 Å². The van der Waals surface area contributed by atoms with E-state index in [-0.39, 0.29) is 5.91 Å². The van der Waals surface area contributed by atoms with Crippen LogP contribution in [0.2, 0.25) is 5.02 Å². The number of hydrogen-bond donors (Lipinski definition) is 1. The quantitative estimate of drug-likeness (QED) is 0.847. The molecule has 0 spiro atoms. The highest BCUT2D eigenvalue weighted by Gasteiger charge is 2.08. The van der Waals surface area contributed by atoms with Crippen molar-refractivity contribution in [1.29, 1.82) is 0 Å². The predicted molar refractivity (Wildman–Crippen MR) is 77.6 cm³/mol. The molecule has 0 unspecified atom stereocenters. The predicted octanol–water partition coefficient (Wildman–Crippen LogP) is 4.31. The second-order valence-corrected chi connectivity index (χ2v) is 4.95. The summed E-state index contributed by atoms with van der Waals surface area (Å²) in [7, 11) is 0. The Kier molecular flexibility index (Phi) is 4.28. The summed E-state index contributed by atoms with van der Waals surface area (Å²) in [5, 5.41) is 3.52. The first-order valence-electron chi connectivity index (χ1n) is 5.40. The lowest BCUT2D eigenvalue weighted by Crippen LogP contribution is -2.12. The Bertz CT molecular complexity index is 554. The number of nitrogens with one attached hydrogen (secondary N) is 1. The highest BCUT2D eigenvalue weighted by molar-refractivity contribution is 7.98. The van der Waals surface area contributed by atoms with Crippen LogP contribution in [0.4, 0.5) is 5.69 Å². The zero-order valence-electron chi connectivity index (χ0n) is 9.81. The molecular weight excluding hydrogens is 266 g/mol. The van der Waals surface area contributed by atoms with Crippen LogP contribution in [0.3, 0.4) is 0 Å². The highest BCUT2D eigenvalue weighted by Crippen LogP contribution is 2.25. The van der Waals surface area contributed by atoms with Crippen molar-refractivity contribution in [3.8, 4) is 0 Å². The van der Waals surface area contributed by atoms with E-state index in [0.717, 1.165) is 10.6 Å². The third-order valence-electron chi connectivity index (χ3n) is 2.46. The fourth-order valence-corrected chi connectivity index (χ4v) is 2.22. The number of hydrogen-bond acceptors (Lipinski definition) is 2. The number of carbonyl (C=O) groups is 1. The summed E-state index contributed by atoms with van der Waals surface area (Å²) >= 11 is 7.39. The van der Waals surface area contributed by atoms with Gasteiger partial charge in [-0.15, -0.1) is 11.8 Å². The van der Waals surface area contributed by atoms with Gasteiger partial charge in [-0.3, -0.25) is 4.79 Å². The molecule has 0 aliphatic heterocycles. The normalized spacial score (nSPS) is 10.1. The molecule has 2 rings (SSSR count). The molecular formula is C14H12ClNOS. The molecule has 0 radical (unpaired) electrons. The minimum absolute atomic E-state index is 0.131. The van der Waals surface area contributed by atoms with Gasteiger partial charge in [0.15, 0.2) is 0 Å². The summed E-state index contributed by atoms with van der Waals surface area (Å²) in [5.74, 6) is -0.131. The summed E-state index contributed by atoms with van der Waals surface area (Å²) in [6.07, 6.45) is 1.98. The molecule has 1 amide bonds. The van der Waals surface area contributed by atoms with Crippen LogP contribution in [0, 0.1) is 0 Å². The molecule has 4 heteroatoms. The Morgan fingerprint density at radius 2 is 1.78 bits per heavy atom. The molecule has 0 heterocycles. The van der Waals surface area contributed by atoms with E-state index in [1.807, 2.05) is 30.5 Å². The van der Waals surface area contributed by atoms with Crippen molar-refractivity contribution in [2.45, 2.75) is 4.90 Å². The molecule has 0 saturated heterocycles. The van der Waals surface area contributed by atoms with Crippen LogP contribution in [-0.4, -0.2) is 12.2 Å². The molecule has 0 aliphatic rings. The van der Waals surface area contributed by atoms with Crippen LogP contribution in [0.1, 0.15) is 10.4 Å². The van der Waals surface area contributed by atoms with E-state index in [4.69, 9.17) is 11.6 Å². The van der Waals surface area contributed by atoms with E-state index < -0.39 is 0 Å². The van der Waals surface area contributed by atoms with E-state index in [9.17, 15) is 4.79 Å². The van der Waals surface area contributed by atoms with Crippen LogP contribution >= 0.6 is 23.4 Å². The minimum Gasteiger partial charge on any atom is -0.321 e. The lowest BCUT2D eigenvalue weighted by Gasteiger charge is -2.09. The molecule has 2 aromatic carbocycles. The standard InChI is InChI=1S/C14H12ClNOS/c1-18-13-5-3-2-4-12(13)16-14(17)10-6-8-11(15)9-7-10/h2-9H,1H3,(H,16,17). The van der Waals surface area contributed by atoms with Crippen molar-refractivity contribution in [3.05, 3.63) is 59.1 Å². The van der Waals surface area contributed by atoms with Gasteiger partial charge >= 0.3 is 0 Å². The van der Waals surface area contributed by atoms with Crippen LogP contribution in [0.15, 0.2) is 53.4 Å². The molecule has 0 saturated carbocycles. The molecule has 18 heavy (non-hydrogen) atoms. The first kappa shape index (κ1) is 13.0. The van der Waals surface area contributed by atoms with Crippen molar-refractivity contribution in [3.63, 3.8) is 0 Å². The number of carbonyl (C=O) groups excluding carboxylic acids is 1. The van der Waals surface area contributed by atoms with Crippen molar-refractivity contribution < 1.29 is 4.79 Å². The van der Waals surface area contributed by atoms with Crippen molar-refractivity contribution >= 4 is 35.0 Å². The number of rotatable bonds is 3. The number of benzene rings is 2. The van der Waals surface area contributed by atoms with Crippen LogP contribution in [0.5, 0.6) is 0 Å². The van der Waals surface area contributed by atoms with Crippen LogP contribution in [-0.2, 0) is 0 Å². The van der Waals surface area contributed by atoms with Gasteiger partial charge in [0.25, 0.3) is 5.91 Å². The third kappa shape index (κ3) is 3.06. The van der Waals surface area contributed by atoms with Gasteiger partial charge in [0.1, 0.15) is 0 Å². The summed E-state index contributed by atoms with van der Waals surface area (Å²) in [4.78, 5) is 13.1. The Hall–Kier alpha value is -1.45.